The molecule has 126 valence electrons. The normalized spacial score (nSPS) is 29.4. The lowest BCUT2D eigenvalue weighted by Gasteiger charge is -2.70. The van der Waals surface area contributed by atoms with Gasteiger partial charge < -0.3 is 5.32 Å². The van der Waals surface area contributed by atoms with Crippen LogP contribution in [0.15, 0.2) is 27.6 Å². The number of amides is 1. The molecule has 0 spiro atoms. The highest BCUT2D eigenvalue weighted by Crippen LogP contribution is 2.73. The van der Waals surface area contributed by atoms with Crippen LogP contribution in [0.25, 0.3) is 0 Å². The fourth-order valence-electron chi connectivity index (χ4n) is 3.52. The van der Waals surface area contributed by atoms with Crippen molar-refractivity contribution in [2.75, 3.05) is 6.26 Å². The lowest BCUT2D eigenvalue weighted by Crippen LogP contribution is -2.78. The van der Waals surface area contributed by atoms with Gasteiger partial charge in [-0.15, -0.1) is 0 Å². The van der Waals surface area contributed by atoms with Crippen LogP contribution in [0.5, 0.6) is 0 Å². The van der Waals surface area contributed by atoms with Gasteiger partial charge in [-0.3, -0.25) is 4.79 Å². The van der Waals surface area contributed by atoms with Gasteiger partial charge in [0.05, 0.1) is 15.9 Å². The molecular formula is C14H13BrF3NO3S. The second-order valence-corrected chi connectivity index (χ2v) is 9.36. The molecule has 0 saturated heterocycles. The Kier molecular flexibility index (Phi) is 3.44. The summed E-state index contributed by atoms with van der Waals surface area (Å²) in [5.74, 6) is -0.659. The maximum Gasteiger partial charge on any atom is 0.394 e. The number of carbonyl (C=O) groups is 1. The van der Waals surface area contributed by atoms with E-state index in [4.69, 9.17) is 0 Å². The number of benzene rings is 1. The molecule has 0 unspecified atom stereocenters. The molecule has 1 aromatic carbocycles. The average molecular weight is 412 g/mol. The average Bonchev–Trinajstić information content (AvgIpc) is 2.28. The number of nitrogens with one attached hydrogen (secondary N) is 1. The first-order valence-electron chi connectivity index (χ1n) is 6.77. The minimum absolute atomic E-state index is 0.0542. The van der Waals surface area contributed by atoms with Crippen molar-refractivity contribution in [3.05, 3.63) is 28.2 Å². The van der Waals surface area contributed by atoms with Crippen molar-refractivity contribution in [3.63, 3.8) is 0 Å². The van der Waals surface area contributed by atoms with Crippen LogP contribution in [0, 0.1) is 5.41 Å². The first kappa shape index (κ1) is 16.8. The minimum atomic E-state index is -4.25. The van der Waals surface area contributed by atoms with Gasteiger partial charge in [0.25, 0.3) is 5.91 Å². The molecule has 23 heavy (non-hydrogen) atoms. The highest BCUT2D eigenvalue weighted by Gasteiger charge is 2.79. The number of carbonyl (C=O) groups excluding carboxylic acids is 1. The van der Waals surface area contributed by atoms with E-state index in [1.165, 1.54) is 18.2 Å². The SMILES string of the molecule is CS(=O)(=O)c1cc(Br)ccc1C(=O)NC12CC(C(F)(F)F)(C1)C2. The van der Waals surface area contributed by atoms with Crippen LogP contribution >= 0.6 is 15.9 Å². The summed E-state index contributed by atoms with van der Waals surface area (Å²) in [6, 6.07) is 4.17. The summed E-state index contributed by atoms with van der Waals surface area (Å²) < 4.78 is 62.6. The molecule has 1 N–H and O–H groups in total. The molecule has 2 bridgehead atoms. The summed E-state index contributed by atoms with van der Waals surface area (Å²) in [7, 11) is -3.64. The predicted octanol–water partition coefficient (Wildman–Crippen LogP) is 3.07. The third-order valence-electron chi connectivity index (χ3n) is 4.60. The minimum Gasteiger partial charge on any atom is -0.346 e. The summed E-state index contributed by atoms with van der Waals surface area (Å²) in [5.41, 5.74) is -2.57. The predicted molar refractivity (Wildman–Crippen MR) is 79.8 cm³/mol. The summed E-state index contributed by atoms with van der Waals surface area (Å²) in [6.07, 6.45) is -3.69. The molecule has 9 heteroatoms. The number of rotatable bonds is 3. The number of hydrogen-bond acceptors (Lipinski definition) is 3. The van der Waals surface area contributed by atoms with Gasteiger partial charge in [0.2, 0.25) is 0 Å². The standard InChI is InChI=1S/C14H13BrF3NO3S/c1-23(21,22)10-4-8(15)2-3-9(10)11(20)19-13-5-12(6-13,7-13)14(16,17)18/h2-4H,5-7H2,1H3,(H,19,20). The highest BCUT2D eigenvalue weighted by molar-refractivity contribution is 9.10. The Morgan fingerprint density at radius 3 is 2.30 bits per heavy atom. The van der Waals surface area contributed by atoms with Crippen molar-refractivity contribution >= 4 is 31.7 Å². The smallest absolute Gasteiger partial charge is 0.346 e. The van der Waals surface area contributed by atoms with Gasteiger partial charge in [-0.05, 0) is 37.5 Å². The Hall–Kier alpha value is -1.09. The van der Waals surface area contributed by atoms with Gasteiger partial charge in [-0.1, -0.05) is 15.9 Å². The van der Waals surface area contributed by atoms with Crippen LogP contribution in [-0.2, 0) is 9.84 Å². The number of hydrogen-bond donors (Lipinski definition) is 1. The molecule has 1 aromatic rings. The zero-order valence-corrected chi connectivity index (χ0v) is 14.4. The van der Waals surface area contributed by atoms with Crippen molar-refractivity contribution < 1.29 is 26.4 Å². The zero-order chi connectivity index (χ0) is 17.3. The molecule has 3 aliphatic rings. The van der Waals surface area contributed by atoms with Crippen LogP contribution in [0.1, 0.15) is 29.6 Å². The third kappa shape index (κ3) is 2.57. The summed E-state index contributed by atoms with van der Waals surface area (Å²) in [5, 5.41) is 2.59. The molecule has 0 radical (unpaired) electrons. The van der Waals surface area contributed by atoms with Crippen LogP contribution < -0.4 is 5.32 Å². The van der Waals surface area contributed by atoms with Crippen molar-refractivity contribution in [1.82, 2.24) is 5.32 Å². The van der Waals surface area contributed by atoms with Gasteiger partial charge in [0.1, 0.15) is 0 Å². The van der Waals surface area contributed by atoms with E-state index in [1.54, 1.807) is 0 Å². The van der Waals surface area contributed by atoms with E-state index in [1.807, 2.05) is 0 Å². The molecule has 0 heterocycles. The molecule has 0 atom stereocenters. The van der Waals surface area contributed by atoms with E-state index in [2.05, 4.69) is 21.2 Å². The topological polar surface area (TPSA) is 63.2 Å². The van der Waals surface area contributed by atoms with E-state index < -0.39 is 32.9 Å². The van der Waals surface area contributed by atoms with Crippen molar-refractivity contribution in [2.24, 2.45) is 5.41 Å². The van der Waals surface area contributed by atoms with Crippen LogP contribution in [0.3, 0.4) is 0 Å². The molecule has 3 saturated carbocycles. The summed E-state index contributed by atoms with van der Waals surface area (Å²) >= 11 is 3.14. The van der Waals surface area contributed by atoms with Gasteiger partial charge >= 0.3 is 6.18 Å². The second-order valence-electron chi connectivity index (χ2n) is 6.46. The lowest BCUT2D eigenvalue weighted by atomic mass is 9.39. The molecule has 4 rings (SSSR count). The Labute approximate surface area is 139 Å². The van der Waals surface area contributed by atoms with Gasteiger partial charge in [0, 0.05) is 16.3 Å². The Morgan fingerprint density at radius 1 is 1.26 bits per heavy atom. The van der Waals surface area contributed by atoms with Crippen molar-refractivity contribution in [2.45, 2.75) is 35.9 Å². The van der Waals surface area contributed by atoms with Crippen LogP contribution in [0.2, 0.25) is 0 Å². The Balaban J connectivity index is 1.80. The molecular weight excluding hydrogens is 399 g/mol. The fourth-order valence-corrected chi connectivity index (χ4v) is 4.93. The number of sulfone groups is 1. The fraction of sp³-hybridized carbons (Fsp3) is 0.500. The van der Waals surface area contributed by atoms with Gasteiger partial charge in [0.15, 0.2) is 9.84 Å². The van der Waals surface area contributed by atoms with Crippen LogP contribution in [-0.4, -0.2) is 32.3 Å². The van der Waals surface area contributed by atoms with E-state index in [0.717, 1.165) is 6.26 Å². The largest absolute Gasteiger partial charge is 0.394 e. The van der Waals surface area contributed by atoms with Gasteiger partial charge in [-0.25, -0.2) is 8.42 Å². The molecule has 0 aromatic heterocycles. The molecule has 4 nitrogen and oxygen atoms in total. The lowest BCUT2D eigenvalue weighted by molar-refractivity contribution is -0.336. The molecule has 3 fully saturated rings. The molecule has 1 amide bonds. The zero-order valence-electron chi connectivity index (χ0n) is 12.0. The van der Waals surface area contributed by atoms with Crippen LogP contribution in [0.4, 0.5) is 13.2 Å². The number of halogens is 4. The van der Waals surface area contributed by atoms with E-state index >= 15 is 0 Å². The van der Waals surface area contributed by atoms with E-state index in [0.29, 0.717) is 4.47 Å². The van der Waals surface area contributed by atoms with Crippen molar-refractivity contribution in [3.8, 4) is 0 Å². The van der Waals surface area contributed by atoms with Gasteiger partial charge in [-0.2, -0.15) is 13.2 Å². The second kappa shape index (κ2) is 4.72. The highest BCUT2D eigenvalue weighted by atomic mass is 79.9. The quantitative estimate of drug-likeness (QED) is 0.830. The molecule has 0 aliphatic heterocycles. The maximum atomic E-state index is 12.8. The third-order valence-corrected chi connectivity index (χ3v) is 6.23. The summed E-state index contributed by atoms with van der Waals surface area (Å²) in [4.78, 5) is 12.2. The molecule has 3 aliphatic carbocycles. The summed E-state index contributed by atoms with van der Waals surface area (Å²) in [6.45, 7) is 0. The van der Waals surface area contributed by atoms with E-state index in [-0.39, 0.29) is 29.7 Å². The Morgan fingerprint density at radius 2 is 1.83 bits per heavy atom. The monoisotopic (exact) mass is 411 g/mol. The maximum absolute atomic E-state index is 12.8. The first-order valence-corrected chi connectivity index (χ1v) is 9.45. The first-order chi connectivity index (χ1) is 10.4. The van der Waals surface area contributed by atoms with E-state index in [9.17, 15) is 26.4 Å². The van der Waals surface area contributed by atoms with Crippen molar-refractivity contribution in [1.29, 1.82) is 0 Å². The number of alkyl halides is 3. The Bertz CT molecular complexity index is 784.